The molecule has 0 spiro atoms. The van der Waals surface area contributed by atoms with E-state index in [0.717, 1.165) is 57.8 Å². The number of carbonyl (C=O) groups excluding carboxylic acids is 2. The predicted molar refractivity (Wildman–Crippen MR) is 221 cm³/mol. The van der Waals surface area contributed by atoms with Crippen molar-refractivity contribution >= 4 is 19.8 Å². The van der Waals surface area contributed by atoms with Crippen LogP contribution in [0.2, 0.25) is 0 Å². The average molecular weight is 784 g/mol. The molecule has 0 fully saturated rings. The molecule has 0 aromatic carbocycles. The van der Waals surface area contributed by atoms with Gasteiger partial charge in [0, 0.05) is 19.4 Å². The zero-order valence-electron chi connectivity index (χ0n) is 34.1. The summed E-state index contributed by atoms with van der Waals surface area (Å²) in [7, 11) is -4.40. The fourth-order valence-corrected chi connectivity index (χ4v) is 6.35. The number of hydrogen-bond donors (Lipinski definition) is 3. The Balaban J connectivity index is 4.26. The summed E-state index contributed by atoms with van der Waals surface area (Å²) in [5.41, 5.74) is 5.34. The normalized spacial score (nSPS) is 14.4. The fourth-order valence-electron chi connectivity index (χ4n) is 5.59. The number of unbranched alkanes of at least 4 members (excludes halogenated alkanes) is 16. The van der Waals surface area contributed by atoms with Gasteiger partial charge in [-0.1, -0.05) is 145 Å². The third-order valence-electron chi connectivity index (χ3n) is 8.74. The van der Waals surface area contributed by atoms with Gasteiger partial charge < -0.3 is 25.2 Å². The summed E-state index contributed by atoms with van der Waals surface area (Å²) >= 11 is 0. The van der Waals surface area contributed by atoms with Gasteiger partial charge in [-0.25, -0.2) is 4.57 Å². The first kappa shape index (κ1) is 51.9. The first-order chi connectivity index (χ1) is 26.2. The molecule has 0 bridgehead atoms. The van der Waals surface area contributed by atoms with E-state index in [0.29, 0.717) is 12.8 Å². The van der Waals surface area contributed by atoms with Gasteiger partial charge in [0.2, 0.25) is 0 Å². The molecule has 11 heteroatoms. The first-order valence-electron chi connectivity index (χ1n) is 21.1. The Labute approximate surface area is 329 Å². The van der Waals surface area contributed by atoms with E-state index in [-0.39, 0.29) is 38.7 Å². The second-order valence-electron chi connectivity index (χ2n) is 14.1. The Morgan fingerprint density at radius 3 is 1.59 bits per heavy atom. The lowest BCUT2D eigenvalue weighted by Crippen LogP contribution is -2.29. The number of phosphoric ester groups is 1. The van der Waals surface area contributed by atoms with Gasteiger partial charge in [-0.15, -0.1) is 0 Å². The molecule has 0 heterocycles. The van der Waals surface area contributed by atoms with Gasteiger partial charge >= 0.3 is 19.8 Å². The van der Waals surface area contributed by atoms with Crippen molar-refractivity contribution in [2.75, 3.05) is 26.4 Å². The summed E-state index contributed by atoms with van der Waals surface area (Å²) in [4.78, 5) is 34.8. The molecule has 0 aliphatic heterocycles. The maximum atomic E-state index is 12.5. The van der Waals surface area contributed by atoms with Crippen LogP contribution in [0.5, 0.6) is 0 Å². The molecule has 0 rings (SSSR count). The summed E-state index contributed by atoms with van der Waals surface area (Å²) in [5.74, 6) is -0.909. The average Bonchev–Trinajstić information content (AvgIpc) is 3.14. The molecule has 0 saturated heterocycles. The van der Waals surface area contributed by atoms with Crippen LogP contribution in [0, 0.1) is 0 Å². The third-order valence-corrected chi connectivity index (χ3v) is 9.72. The van der Waals surface area contributed by atoms with E-state index in [1.165, 1.54) is 77.0 Å². The Kier molecular flexibility index (Phi) is 37.7. The van der Waals surface area contributed by atoms with Crippen LogP contribution in [0.3, 0.4) is 0 Å². The number of nitrogens with two attached hydrogens (primary N) is 1. The van der Waals surface area contributed by atoms with Crippen LogP contribution >= 0.6 is 7.82 Å². The molecule has 0 amide bonds. The quantitative estimate of drug-likeness (QED) is 0.0237. The topological polar surface area (TPSA) is 155 Å². The molecule has 0 radical (unpaired) electrons. The first-order valence-corrected chi connectivity index (χ1v) is 22.6. The van der Waals surface area contributed by atoms with Crippen molar-refractivity contribution in [1.29, 1.82) is 0 Å². The Morgan fingerprint density at radius 1 is 0.630 bits per heavy atom. The second kappa shape index (κ2) is 39.2. The lowest BCUT2D eigenvalue weighted by atomic mass is 10.0. The number of esters is 2. The highest BCUT2D eigenvalue weighted by molar-refractivity contribution is 7.47. The summed E-state index contributed by atoms with van der Waals surface area (Å²) < 4.78 is 32.7. The molecule has 4 N–H and O–H groups in total. The number of aliphatic hydroxyl groups is 1. The van der Waals surface area contributed by atoms with Gasteiger partial charge in [-0.05, 0) is 64.7 Å². The van der Waals surface area contributed by atoms with Crippen LogP contribution < -0.4 is 5.73 Å². The lowest BCUT2D eigenvalue weighted by molar-refractivity contribution is -0.161. The lowest BCUT2D eigenvalue weighted by Gasteiger charge is -2.19. The van der Waals surface area contributed by atoms with E-state index in [2.05, 4.69) is 49.5 Å². The summed E-state index contributed by atoms with van der Waals surface area (Å²) in [6.07, 6.45) is 41.3. The highest BCUT2D eigenvalue weighted by atomic mass is 31.2. The summed E-state index contributed by atoms with van der Waals surface area (Å²) in [6.45, 7) is 3.21. The SMILES string of the molecule is CCCCCCCCCCCCCCCCCC(=O)OC[C@H](COP(=O)(O)OCCN)OC(=O)CCC/C=C\C/C=C\C/C=C\C/C=C\CCC[C@H](C)O. The number of hydrogen-bond acceptors (Lipinski definition) is 9. The standard InChI is InChI=1S/C43H78NO9P/c1-3-4-5-6-7-8-9-10-12-16-19-22-25-28-31-34-42(46)50-38-41(39-52-54(48,49)51-37-36-44)53-43(47)35-32-29-26-23-20-17-14-11-13-15-18-21-24-27-30-33-40(2)45/h13-15,17,21,23-24,26,40-41,45H,3-12,16,18-20,22,25,27-39,44H2,1-2H3,(H,48,49)/b15-13-,17-14-,24-21-,26-23-/t40-,41+/m0/s1. The van der Waals surface area contributed by atoms with Crippen LogP contribution in [-0.4, -0.2) is 60.5 Å². The molecule has 0 aromatic rings. The molecule has 10 nitrogen and oxygen atoms in total. The monoisotopic (exact) mass is 784 g/mol. The van der Waals surface area contributed by atoms with Gasteiger partial charge in [-0.2, -0.15) is 0 Å². The van der Waals surface area contributed by atoms with Crippen LogP contribution in [0.15, 0.2) is 48.6 Å². The Hall–Kier alpha value is -2.07. The van der Waals surface area contributed by atoms with Crippen LogP contribution in [0.4, 0.5) is 0 Å². The summed E-state index contributed by atoms with van der Waals surface area (Å²) in [6, 6.07) is 0. The second-order valence-corrected chi connectivity index (χ2v) is 15.6. The highest BCUT2D eigenvalue weighted by Gasteiger charge is 2.25. The van der Waals surface area contributed by atoms with Gasteiger partial charge in [-0.3, -0.25) is 18.6 Å². The van der Waals surface area contributed by atoms with Crippen molar-refractivity contribution in [3.05, 3.63) is 48.6 Å². The maximum absolute atomic E-state index is 12.5. The molecule has 1 unspecified atom stereocenters. The number of carbonyl (C=O) groups is 2. The molecule has 0 aliphatic rings. The Morgan fingerprint density at radius 2 is 1.09 bits per heavy atom. The summed E-state index contributed by atoms with van der Waals surface area (Å²) in [5, 5.41) is 9.26. The van der Waals surface area contributed by atoms with Crippen molar-refractivity contribution in [1.82, 2.24) is 0 Å². The van der Waals surface area contributed by atoms with E-state index in [1.54, 1.807) is 0 Å². The minimum absolute atomic E-state index is 0.0388. The van der Waals surface area contributed by atoms with Gasteiger partial charge in [0.25, 0.3) is 0 Å². The molecule has 54 heavy (non-hydrogen) atoms. The molecule has 3 atom stereocenters. The minimum Gasteiger partial charge on any atom is -0.462 e. The van der Waals surface area contributed by atoms with Crippen LogP contribution in [0.25, 0.3) is 0 Å². The van der Waals surface area contributed by atoms with Gasteiger partial charge in [0.15, 0.2) is 6.10 Å². The number of allylic oxidation sites excluding steroid dienone is 8. The fraction of sp³-hybridized carbons (Fsp3) is 0.767. The van der Waals surface area contributed by atoms with Crippen molar-refractivity contribution in [3.8, 4) is 0 Å². The zero-order valence-corrected chi connectivity index (χ0v) is 35.0. The third kappa shape index (κ3) is 39.6. The van der Waals surface area contributed by atoms with Crippen molar-refractivity contribution < 1.29 is 42.7 Å². The number of phosphoric acid groups is 1. The highest BCUT2D eigenvalue weighted by Crippen LogP contribution is 2.43. The molecular formula is C43H78NO9P. The van der Waals surface area contributed by atoms with E-state index in [9.17, 15) is 24.2 Å². The smallest absolute Gasteiger partial charge is 0.462 e. The zero-order chi connectivity index (χ0) is 39.8. The number of aliphatic hydroxyl groups excluding tert-OH is 1. The van der Waals surface area contributed by atoms with Crippen molar-refractivity contribution in [2.45, 2.75) is 187 Å². The van der Waals surface area contributed by atoms with E-state index in [4.69, 9.17) is 24.3 Å². The maximum Gasteiger partial charge on any atom is 0.472 e. The molecule has 0 aliphatic carbocycles. The van der Waals surface area contributed by atoms with Crippen molar-refractivity contribution in [2.24, 2.45) is 5.73 Å². The predicted octanol–water partition coefficient (Wildman–Crippen LogP) is 10.9. The van der Waals surface area contributed by atoms with Crippen molar-refractivity contribution in [3.63, 3.8) is 0 Å². The molecular weight excluding hydrogens is 705 g/mol. The van der Waals surface area contributed by atoms with Crippen LogP contribution in [0.1, 0.15) is 174 Å². The van der Waals surface area contributed by atoms with Crippen LogP contribution in [-0.2, 0) is 32.7 Å². The van der Waals surface area contributed by atoms with E-state index < -0.39 is 32.5 Å². The minimum atomic E-state index is -4.40. The molecule has 0 saturated carbocycles. The number of ether oxygens (including phenoxy) is 2. The van der Waals surface area contributed by atoms with E-state index in [1.807, 2.05) is 13.0 Å². The number of rotatable bonds is 39. The molecule has 0 aromatic heterocycles. The Bertz CT molecular complexity index is 1040. The van der Waals surface area contributed by atoms with E-state index >= 15 is 0 Å². The largest absolute Gasteiger partial charge is 0.472 e. The molecule has 314 valence electrons. The van der Waals surface area contributed by atoms with Gasteiger partial charge in [0.1, 0.15) is 6.61 Å². The van der Waals surface area contributed by atoms with Gasteiger partial charge in [0.05, 0.1) is 19.3 Å².